The van der Waals surface area contributed by atoms with E-state index >= 15 is 0 Å². The van der Waals surface area contributed by atoms with E-state index < -0.39 is 0 Å². The smallest absolute Gasteiger partial charge is 0.244 e. The molecule has 0 saturated carbocycles. The first-order valence-corrected chi connectivity index (χ1v) is 7.50. The van der Waals surface area contributed by atoms with Gasteiger partial charge in [-0.3, -0.25) is 14.6 Å². The zero-order valence-electron chi connectivity index (χ0n) is 12.9. The fourth-order valence-corrected chi connectivity index (χ4v) is 2.00. The predicted molar refractivity (Wildman–Crippen MR) is 85.2 cm³/mol. The fourth-order valence-electron chi connectivity index (χ4n) is 2.00. The third-order valence-electron chi connectivity index (χ3n) is 3.20. The monoisotopic (exact) mass is 324 g/mol. The summed E-state index contributed by atoms with van der Waals surface area (Å²) in [5.74, 6) is 0.545. The van der Waals surface area contributed by atoms with Gasteiger partial charge in [0.15, 0.2) is 0 Å². The van der Waals surface area contributed by atoms with Crippen LogP contribution in [0, 0.1) is 0 Å². The molecule has 0 fully saturated rings. The lowest BCUT2D eigenvalue weighted by Crippen LogP contribution is -2.23. The molecule has 1 aromatic carbocycles. The van der Waals surface area contributed by atoms with Gasteiger partial charge in [0.05, 0.1) is 6.61 Å². The van der Waals surface area contributed by atoms with Crippen LogP contribution in [0.25, 0.3) is 11.5 Å². The lowest BCUT2D eigenvalue weighted by molar-refractivity contribution is -0.134. The highest BCUT2D eigenvalue weighted by atomic mass is 16.6. The number of pyridine rings is 1. The average molecular weight is 324 g/mol. The van der Waals surface area contributed by atoms with Crippen molar-refractivity contribution in [3.8, 4) is 11.5 Å². The second kappa shape index (κ2) is 7.98. The van der Waals surface area contributed by atoms with Gasteiger partial charge in [-0.15, -0.1) is 0 Å². The molecule has 0 radical (unpaired) electrons. The Balaban J connectivity index is 1.42. The van der Waals surface area contributed by atoms with Crippen LogP contribution in [0.5, 0.6) is 0 Å². The number of nitrogens with one attached hydrogen (secondary N) is 1. The quantitative estimate of drug-likeness (QED) is 0.671. The fraction of sp³-hybridized carbons (Fsp3) is 0.176. The summed E-state index contributed by atoms with van der Waals surface area (Å²) in [6.07, 6.45) is 2.18. The van der Waals surface area contributed by atoms with Gasteiger partial charge in [-0.05, 0) is 17.7 Å². The van der Waals surface area contributed by atoms with Crippen molar-refractivity contribution < 1.29 is 14.2 Å². The number of aromatic nitrogens is 3. The van der Waals surface area contributed by atoms with Gasteiger partial charge in [-0.25, -0.2) is 5.48 Å². The van der Waals surface area contributed by atoms with E-state index in [2.05, 4.69) is 20.6 Å². The Morgan fingerprint density at radius 3 is 2.75 bits per heavy atom. The lowest BCUT2D eigenvalue weighted by Gasteiger charge is -2.04. The molecule has 7 heteroatoms. The van der Waals surface area contributed by atoms with E-state index in [1.54, 1.807) is 12.3 Å². The molecule has 3 aromatic rings. The molecule has 2 aromatic heterocycles. The summed E-state index contributed by atoms with van der Waals surface area (Å²) in [7, 11) is 0. The van der Waals surface area contributed by atoms with Gasteiger partial charge in [0.2, 0.25) is 17.6 Å². The van der Waals surface area contributed by atoms with E-state index in [4.69, 9.17) is 9.36 Å². The van der Waals surface area contributed by atoms with Gasteiger partial charge >= 0.3 is 0 Å². The molecule has 0 aliphatic heterocycles. The maximum atomic E-state index is 11.7. The molecule has 24 heavy (non-hydrogen) atoms. The van der Waals surface area contributed by atoms with Gasteiger partial charge in [0.25, 0.3) is 0 Å². The third-order valence-corrected chi connectivity index (χ3v) is 3.20. The van der Waals surface area contributed by atoms with Crippen LogP contribution in [0.3, 0.4) is 0 Å². The number of carbonyl (C=O) groups excluding carboxylic acids is 1. The first-order valence-electron chi connectivity index (χ1n) is 7.50. The Kier molecular flexibility index (Phi) is 5.26. The van der Waals surface area contributed by atoms with Crippen LogP contribution in [-0.4, -0.2) is 21.0 Å². The zero-order chi connectivity index (χ0) is 16.6. The Labute approximate surface area is 138 Å². The number of hydroxylamine groups is 1. The number of hydrogen-bond acceptors (Lipinski definition) is 6. The van der Waals surface area contributed by atoms with Gasteiger partial charge in [-0.1, -0.05) is 41.6 Å². The van der Waals surface area contributed by atoms with E-state index in [1.165, 1.54) is 0 Å². The minimum atomic E-state index is -0.247. The molecule has 1 N–H and O–H groups in total. The number of carbonyl (C=O) groups is 1. The van der Waals surface area contributed by atoms with E-state index in [0.717, 1.165) is 5.56 Å². The second-order valence-corrected chi connectivity index (χ2v) is 5.03. The molecule has 3 rings (SSSR count). The predicted octanol–water partition coefficient (Wildman–Crippen LogP) is 2.31. The highest BCUT2D eigenvalue weighted by Crippen LogP contribution is 2.12. The van der Waals surface area contributed by atoms with Crippen molar-refractivity contribution in [2.24, 2.45) is 0 Å². The van der Waals surface area contributed by atoms with E-state index in [-0.39, 0.29) is 12.3 Å². The van der Waals surface area contributed by atoms with E-state index in [1.807, 2.05) is 42.5 Å². The Morgan fingerprint density at radius 1 is 1.12 bits per heavy atom. The number of nitrogens with zero attached hydrogens (tertiary/aromatic N) is 3. The summed E-state index contributed by atoms with van der Waals surface area (Å²) < 4.78 is 5.12. The van der Waals surface area contributed by atoms with Crippen LogP contribution in [0.4, 0.5) is 0 Å². The number of amides is 1. The summed E-state index contributed by atoms with van der Waals surface area (Å²) in [4.78, 5) is 25.3. The molecule has 0 saturated heterocycles. The van der Waals surface area contributed by atoms with Crippen LogP contribution in [0.1, 0.15) is 17.9 Å². The molecule has 0 atom stereocenters. The molecule has 0 aliphatic carbocycles. The van der Waals surface area contributed by atoms with Crippen LogP contribution in [0.15, 0.2) is 59.3 Å². The Bertz CT molecular complexity index is 775. The molecule has 0 spiro atoms. The second-order valence-electron chi connectivity index (χ2n) is 5.03. The minimum absolute atomic E-state index is 0.193. The topological polar surface area (TPSA) is 90.1 Å². The Morgan fingerprint density at radius 2 is 1.96 bits per heavy atom. The van der Waals surface area contributed by atoms with Crippen LogP contribution in [-0.2, 0) is 22.7 Å². The van der Waals surface area contributed by atoms with Crippen molar-refractivity contribution >= 4 is 5.91 Å². The maximum Gasteiger partial charge on any atom is 0.244 e. The van der Waals surface area contributed by atoms with Crippen LogP contribution >= 0.6 is 0 Å². The molecule has 2 heterocycles. The SMILES string of the molecule is O=C(CCc1nc(-c2ccccn2)no1)NOCc1ccccc1. The zero-order valence-corrected chi connectivity index (χ0v) is 12.9. The molecule has 0 aliphatic rings. The summed E-state index contributed by atoms with van der Waals surface area (Å²) in [5, 5.41) is 3.85. The lowest BCUT2D eigenvalue weighted by atomic mass is 10.2. The van der Waals surface area contributed by atoms with Crippen molar-refractivity contribution in [2.45, 2.75) is 19.4 Å². The van der Waals surface area contributed by atoms with E-state index in [9.17, 15) is 4.79 Å². The normalized spacial score (nSPS) is 10.5. The molecular weight excluding hydrogens is 308 g/mol. The summed E-state index contributed by atoms with van der Waals surface area (Å²) in [6, 6.07) is 15.0. The van der Waals surface area contributed by atoms with Gasteiger partial charge in [0.1, 0.15) is 5.69 Å². The van der Waals surface area contributed by atoms with Gasteiger partial charge in [0, 0.05) is 19.0 Å². The number of aryl methyl sites for hydroxylation is 1. The highest BCUT2D eigenvalue weighted by Gasteiger charge is 2.11. The van der Waals surface area contributed by atoms with Crippen molar-refractivity contribution in [1.29, 1.82) is 0 Å². The minimum Gasteiger partial charge on any atom is -0.339 e. The molecular formula is C17H16N4O3. The first kappa shape index (κ1) is 15.8. The maximum absolute atomic E-state index is 11.7. The standard InChI is InChI=1S/C17H16N4O3/c22-15(20-23-12-13-6-2-1-3-7-13)9-10-16-19-17(21-24-16)14-8-4-5-11-18-14/h1-8,11H,9-10,12H2,(H,20,22). The summed E-state index contributed by atoms with van der Waals surface area (Å²) in [5.41, 5.74) is 4.01. The number of hydrogen-bond donors (Lipinski definition) is 1. The summed E-state index contributed by atoms with van der Waals surface area (Å²) in [6.45, 7) is 0.316. The molecule has 0 unspecified atom stereocenters. The molecule has 1 amide bonds. The van der Waals surface area contributed by atoms with Gasteiger partial charge < -0.3 is 4.52 Å². The Hall–Kier alpha value is -3.06. The van der Waals surface area contributed by atoms with Crippen LogP contribution < -0.4 is 5.48 Å². The molecule has 7 nitrogen and oxygen atoms in total. The third kappa shape index (κ3) is 4.47. The van der Waals surface area contributed by atoms with Gasteiger partial charge in [-0.2, -0.15) is 4.98 Å². The molecule has 0 bridgehead atoms. The number of rotatable bonds is 7. The number of benzene rings is 1. The highest BCUT2D eigenvalue weighted by molar-refractivity contribution is 5.74. The van der Waals surface area contributed by atoms with Crippen molar-refractivity contribution in [3.63, 3.8) is 0 Å². The van der Waals surface area contributed by atoms with Crippen molar-refractivity contribution in [2.75, 3.05) is 0 Å². The van der Waals surface area contributed by atoms with E-state index in [0.29, 0.717) is 30.4 Å². The van der Waals surface area contributed by atoms with Crippen molar-refractivity contribution in [1.82, 2.24) is 20.6 Å². The van der Waals surface area contributed by atoms with Crippen molar-refractivity contribution in [3.05, 3.63) is 66.2 Å². The first-order chi connectivity index (χ1) is 11.8. The van der Waals surface area contributed by atoms with Crippen LogP contribution in [0.2, 0.25) is 0 Å². The average Bonchev–Trinajstić information content (AvgIpc) is 3.11. The molecule has 122 valence electrons. The summed E-state index contributed by atoms with van der Waals surface area (Å²) >= 11 is 0. The largest absolute Gasteiger partial charge is 0.339 e.